The normalized spacial score (nSPS) is 33.0. The summed E-state index contributed by atoms with van der Waals surface area (Å²) in [6, 6.07) is 0. The van der Waals surface area contributed by atoms with Gasteiger partial charge in [0.15, 0.2) is 0 Å². The van der Waals surface area contributed by atoms with Crippen LogP contribution in [-0.4, -0.2) is 22.4 Å². The number of aliphatic hydroxyl groups is 2. The molecule has 1 aliphatic carbocycles. The SMILES string of the molecule is OC1CCCCCCCCCC[C@@H]1O. The molecule has 0 aromatic rings. The van der Waals surface area contributed by atoms with Crippen LogP contribution < -0.4 is 0 Å². The van der Waals surface area contributed by atoms with Crippen LogP contribution in [0.25, 0.3) is 0 Å². The second kappa shape index (κ2) is 7.24. The van der Waals surface area contributed by atoms with Gasteiger partial charge in [0.2, 0.25) is 0 Å². The predicted molar refractivity (Wildman–Crippen MR) is 58.2 cm³/mol. The summed E-state index contributed by atoms with van der Waals surface area (Å²) in [6.45, 7) is 0. The lowest BCUT2D eigenvalue weighted by molar-refractivity contribution is 0.00685. The summed E-state index contributed by atoms with van der Waals surface area (Å²) in [5.41, 5.74) is 0. The molecule has 2 N–H and O–H groups in total. The lowest BCUT2D eigenvalue weighted by Gasteiger charge is -2.18. The van der Waals surface area contributed by atoms with Gasteiger partial charge in [0.05, 0.1) is 12.2 Å². The van der Waals surface area contributed by atoms with Crippen molar-refractivity contribution in [3.8, 4) is 0 Å². The van der Waals surface area contributed by atoms with E-state index in [1.165, 1.54) is 38.5 Å². The number of hydrogen-bond donors (Lipinski definition) is 2. The molecule has 0 heterocycles. The van der Waals surface area contributed by atoms with Crippen molar-refractivity contribution >= 4 is 0 Å². The highest BCUT2D eigenvalue weighted by Crippen LogP contribution is 2.17. The van der Waals surface area contributed by atoms with Crippen LogP contribution >= 0.6 is 0 Å². The average Bonchev–Trinajstić information content (AvgIpc) is 2.18. The van der Waals surface area contributed by atoms with E-state index in [1.54, 1.807) is 0 Å². The van der Waals surface area contributed by atoms with Crippen LogP contribution in [0.2, 0.25) is 0 Å². The van der Waals surface area contributed by atoms with Crippen molar-refractivity contribution in [2.24, 2.45) is 0 Å². The Kier molecular flexibility index (Phi) is 6.20. The average molecular weight is 200 g/mol. The number of rotatable bonds is 0. The molecule has 1 aliphatic rings. The Bertz CT molecular complexity index is 120. The molecular formula is C12H24O2. The Balaban J connectivity index is 2.23. The van der Waals surface area contributed by atoms with E-state index < -0.39 is 12.2 Å². The van der Waals surface area contributed by atoms with Crippen LogP contribution in [0.5, 0.6) is 0 Å². The van der Waals surface area contributed by atoms with Crippen molar-refractivity contribution in [3.63, 3.8) is 0 Å². The Morgan fingerprint density at radius 3 is 1.14 bits per heavy atom. The molecular weight excluding hydrogens is 176 g/mol. The van der Waals surface area contributed by atoms with E-state index in [1.807, 2.05) is 0 Å². The second-order valence-electron chi connectivity index (χ2n) is 4.54. The number of hydrogen-bond acceptors (Lipinski definition) is 2. The number of aliphatic hydroxyl groups excluding tert-OH is 2. The van der Waals surface area contributed by atoms with Crippen LogP contribution in [0.4, 0.5) is 0 Å². The zero-order valence-corrected chi connectivity index (χ0v) is 9.12. The molecule has 84 valence electrons. The van der Waals surface area contributed by atoms with Crippen LogP contribution in [0.1, 0.15) is 64.2 Å². The molecule has 0 bridgehead atoms. The van der Waals surface area contributed by atoms with Gasteiger partial charge in [-0.2, -0.15) is 0 Å². The second-order valence-corrected chi connectivity index (χ2v) is 4.54. The molecule has 1 unspecified atom stereocenters. The molecule has 2 atom stereocenters. The molecule has 2 nitrogen and oxygen atoms in total. The molecule has 0 aromatic heterocycles. The molecule has 14 heavy (non-hydrogen) atoms. The van der Waals surface area contributed by atoms with Gasteiger partial charge in [-0.3, -0.25) is 0 Å². The fourth-order valence-corrected chi connectivity index (χ4v) is 2.15. The van der Waals surface area contributed by atoms with Crippen LogP contribution in [0.3, 0.4) is 0 Å². The van der Waals surface area contributed by atoms with Gasteiger partial charge in [-0.1, -0.05) is 51.4 Å². The summed E-state index contributed by atoms with van der Waals surface area (Å²) >= 11 is 0. The first-order valence-corrected chi connectivity index (χ1v) is 6.17. The maximum absolute atomic E-state index is 9.61. The lowest BCUT2D eigenvalue weighted by Crippen LogP contribution is -2.25. The zero-order chi connectivity index (χ0) is 10.2. The van der Waals surface area contributed by atoms with E-state index in [2.05, 4.69) is 0 Å². The smallest absolute Gasteiger partial charge is 0.0799 e. The lowest BCUT2D eigenvalue weighted by atomic mass is 9.98. The summed E-state index contributed by atoms with van der Waals surface area (Å²) in [7, 11) is 0. The van der Waals surface area contributed by atoms with Gasteiger partial charge < -0.3 is 10.2 Å². The topological polar surface area (TPSA) is 40.5 Å². The maximum atomic E-state index is 9.61. The fraction of sp³-hybridized carbons (Fsp3) is 1.00. The Morgan fingerprint density at radius 1 is 0.500 bits per heavy atom. The van der Waals surface area contributed by atoms with E-state index >= 15 is 0 Å². The van der Waals surface area contributed by atoms with Gasteiger partial charge in [-0.15, -0.1) is 0 Å². The third kappa shape index (κ3) is 4.97. The molecule has 0 aliphatic heterocycles. The van der Waals surface area contributed by atoms with E-state index in [0.29, 0.717) is 0 Å². The zero-order valence-electron chi connectivity index (χ0n) is 9.12. The van der Waals surface area contributed by atoms with Gasteiger partial charge in [0.1, 0.15) is 0 Å². The third-order valence-corrected chi connectivity index (χ3v) is 3.19. The molecule has 0 amide bonds. The highest BCUT2D eigenvalue weighted by molar-refractivity contribution is 4.68. The first-order valence-electron chi connectivity index (χ1n) is 6.17. The van der Waals surface area contributed by atoms with E-state index in [9.17, 15) is 10.2 Å². The van der Waals surface area contributed by atoms with Crippen molar-refractivity contribution in [2.45, 2.75) is 76.4 Å². The molecule has 0 spiro atoms. The van der Waals surface area contributed by atoms with Crippen LogP contribution in [0.15, 0.2) is 0 Å². The van der Waals surface area contributed by atoms with Crippen LogP contribution in [-0.2, 0) is 0 Å². The molecule has 0 saturated heterocycles. The highest BCUT2D eigenvalue weighted by Gasteiger charge is 2.15. The predicted octanol–water partition coefficient (Wildman–Crippen LogP) is 2.62. The molecule has 0 radical (unpaired) electrons. The van der Waals surface area contributed by atoms with Crippen molar-refractivity contribution in [3.05, 3.63) is 0 Å². The summed E-state index contributed by atoms with van der Waals surface area (Å²) in [5.74, 6) is 0. The van der Waals surface area contributed by atoms with Gasteiger partial charge >= 0.3 is 0 Å². The van der Waals surface area contributed by atoms with Crippen molar-refractivity contribution in [2.75, 3.05) is 0 Å². The minimum atomic E-state index is -0.477. The van der Waals surface area contributed by atoms with Gasteiger partial charge in [0, 0.05) is 0 Å². The fourth-order valence-electron chi connectivity index (χ4n) is 2.15. The molecule has 1 saturated carbocycles. The first kappa shape index (κ1) is 12.0. The maximum Gasteiger partial charge on any atom is 0.0799 e. The summed E-state index contributed by atoms with van der Waals surface area (Å²) in [4.78, 5) is 0. The molecule has 1 rings (SSSR count). The van der Waals surface area contributed by atoms with Crippen molar-refractivity contribution < 1.29 is 10.2 Å². The third-order valence-electron chi connectivity index (χ3n) is 3.19. The first-order chi connectivity index (χ1) is 6.80. The van der Waals surface area contributed by atoms with E-state index in [-0.39, 0.29) is 0 Å². The summed E-state index contributed by atoms with van der Waals surface area (Å²) in [6.07, 6.45) is 10.4. The van der Waals surface area contributed by atoms with Crippen molar-refractivity contribution in [1.29, 1.82) is 0 Å². The minimum Gasteiger partial charge on any atom is -0.390 e. The molecule has 0 aromatic carbocycles. The van der Waals surface area contributed by atoms with E-state index in [0.717, 1.165) is 25.7 Å². The highest BCUT2D eigenvalue weighted by atomic mass is 16.3. The van der Waals surface area contributed by atoms with E-state index in [4.69, 9.17) is 0 Å². The van der Waals surface area contributed by atoms with Gasteiger partial charge in [-0.05, 0) is 12.8 Å². The van der Waals surface area contributed by atoms with Crippen molar-refractivity contribution in [1.82, 2.24) is 0 Å². The largest absolute Gasteiger partial charge is 0.390 e. The Hall–Kier alpha value is -0.0800. The minimum absolute atomic E-state index is 0.477. The van der Waals surface area contributed by atoms with Gasteiger partial charge in [0.25, 0.3) is 0 Å². The summed E-state index contributed by atoms with van der Waals surface area (Å²) < 4.78 is 0. The van der Waals surface area contributed by atoms with Crippen LogP contribution in [0, 0.1) is 0 Å². The van der Waals surface area contributed by atoms with Gasteiger partial charge in [-0.25, -0.2) is 0 Å². The quantitative estimate of drug-likeness (QED) is 0.631. The standard InChI is InChI=1S/C12H24O2/c13-11-9-7-5-3-1-2-4-6-8-10-12(11)14/h11-14H,1-10H2/t11-,12?/m0/s1. The summed E-state index contributed by atoms with van der Waals surface area (Å²) in [5, 5.41) is 19.2. The molecule has 2 heteroatoms. The molecule has 1 fully saturated rings. The Morgan fingerprint density at radius 2 is 0.786 bits per heavy atom. The monoisotopic (exact) mass is 200 g/mol. The Labute approximate surface area is 87.3 Å².